The molecule has 7 nitrogen and oxygen atoms in total. The number of anilines is 2. The monoisotopic (exact) mass is 297 g/mol. The molecule has 1 rings (SSSR count). The van der Waals surface area contributed by atoms with Crippen LogP contribution in [0.25, 0.3) is 0 Å². The van der Waals surface area contributed by atoms with E-state index < -0.39 is 5.54 Å². The molecule has 1 aromatic rings. The first-order valence-electron chi connectivity index (χ1n) is 7.54. The minimum absolute atomic E-state index is 0.0165. The Labute approximate surface area is 126 Å². The second kappa shape index (κ2) is 7.97. The summed E-state index contributed by atoms with van der Waals surface area (Å²) < 4.78 is 5.55. The first-order chi connectivity index (χ1) is 9.98. The van der Waals surface area contributed by atoms with Crippen molar-refractivity contribution in [3.63, 3.8) is 0 Å². The molecule has 0 radical (unpaired) electrons. The summed E-state index contributed by atoms with van der Waals surface area (Å²) >= 11 is 0. The van der Waals surface area contributed by atoms with E-state index in [-0.39, 0.29) is 18.7 Å². The van der Waals surface area contributed by atoms with Crippen LogP contribution in [0.2, 0.25) is 0 Å². The van der Waals surface area contributed by atoms with Gasteiger partial charge in [0.1, 0.15) is 0 Å². The molecule has 0 spiro atoms. The lowest BCUT2D eigenvalue weighted by Crippen LogP contribution is -2.41. The Morgan fingerprint density at radius 2 is 1.71 bits per heavy atom. The van der Waals surface area contributed by atoms with Crippen LogP contribution in [0.1, 0.15) is 47.5 Å². The predicted octanol–water partition coefficient (Wildman–Crippen LogP) is 2.05. The third-order valence-electron chi connectivity index (χ3n) is 3.32. The highest BCUT2D eigenvalue weighted by atomic mass is 16.5. The number of aliphatic hydroxyl groups is 1. The van der Waals surface area contributed by atoms with Crippen LogP contribution in [-0.2, 0) is 0 Å². The standard InChI is InChI=1S/C14H27N5O2/c1-6-14(7-2,9-20)19-12-16-11(15-8-3)17-13(18-12)21-10(4)5/h10,20H,6-9H2,1-5H3,(H2,15,16,17,18,19). The Hall–Kier alpha value is -1.63. The van der Waals surface area contributed by atoms with Gasteiger partial charge in [-0.2, -0.15) is 15.0 Å². The third kappa shape index (κ3) is 5.00. The molecular formula is C14H27N5O2. The maximum absolute atomic E-state index is 9.64. The molecule has 3 N–H and O–H groups in total. The van der Waals surface area contributed by atoms with Crippen LogP contribution in [0, 0.1) is 0 Å². The van der Waals surface area contributed by atoms with Gasteiger partial charge in [0.2, 0.25) is 11.9 Å². The van der Waals surface area contributed by atoms with Crippen LogP contribution in [0.5, 0.6) is 6.01 Å². The summed E-state index contributed by atoms with van der Waals surface area (Å²) in [6.45, 7) is 10.6. The summed E-state index contributed by atoms with van der Waals surface area (Å²) in [4.78, 5) is 12.8. The van der Waals surface area contributed by atoms with Gasteiger partial charge in [0.15, 0.2) is 0 Å². The number of aromatic nitrogens is 3. The summed E-state index contributed by atoms with van der Waals surface area (Å²) in [7, 11) is 0. The van der Waals surface area contributed by atoms with Crippen molar-refractivity contribution < 1.29 is 9.84 Å². The van der Waals surface area contributed by atoms with Gasteiger partial charge in [0, 0.05) is 6.54 Å². The van der Waals surface area contributed by atoms with Crippen molar-refractivity contribution in [3.8, 4) is 6.01 Å². The molecular weight excluding hydrogens is 270 g/mol. The Morgan fingerprint density at radius 3 is 2.19 bits per heavy atom. The van der Waals surface area contributed by atoms with E-state index in [9.17, 15) is 5.11 Å². The smallest absolute Gasteiger partial charge is 0.323 e. The predicted molar refractivity (Wildman–Crippen MR) is 83.8 cm³/mol. The van der Waals surface area contributed by atoms with Gasteiger partial charge >= 0.3 is 6.01 Å². The third-order valence-corrected chi connectivity index (χ3v) is 3.32. The van der Waals surface area contributed by atoms with Crippen molar-refractivity contribution in [2.75, 3.05) is 23.8 Å². The Kier molecular flexibility index (Phi) is 6.61. The zero-order valence-corrected chi connectivity index (χ0v) is 13.6. The number of aliphatic hydroxyl groups excluding tert-OH is 1. The van der Waals surface area contributed by atoms with E-state index in [0.29, 0.717) is 18.4 Å². The fourth-order valence-corrected chi connectivity index (χ4v) is 1.84. The molecule has 0 aliphatic rings. The van der Waals surface area contributed by atoms with Gasteiger partial charge < -0.3 is 20.5 Å². The lowest BCUT2D eigenvalue weighted by atomic mass is 9.94. The van der Waals surface area contributed by atoms with Crippen molar-refractivity contribution in [1.29, 1.82) is 0 Å². The SMILES string of the molecule is CCNc1nc(NC(CC)(CC)CO)nc(OC(C)C)n1. The molecule has 1 heterocycles. The maximum atomic E-state index is 9.64. The van der Waals surface area contributed by atoms with E-state index in [0.717, 1.165) is 12.8 Å². The fraction of sp³-hybridized carbons (Fsp3) is 0.786. The Morgan fingerprint density at radius 1 is 1.10 bits per heavy atom. The van der Waals surface area contributed by atoms with E-state index >= 15 is 0 Å². The lowest BCUT2D eigenvalue weighted by Gasteiger charge is -2.30. The normalized spacial score (nSPS) is 11.6. The molecule has 1 aromatic heterocycles. The fourth-order valence-electron chi connectivity index (χ4n) is 1.84. The second-order valence-electron chi connectivity index (χ2n) is 5.23. The van der Waals surface area contributed by atoms with E-state index in [1.807, 2.05) is 34.6 Å². The minimum Gasteiger partial charge on any atom is -0.461 e. The highest BCUT2D eigenvalue weighted by Gasteiger charge is 2.26. The van der Waals surface area contributed by atoms with Crippen molar-refractivity contribution >= 4 is 11.9 Å². The zero-order chi connectivity index (χ0) is 15.9. The molecule has 0 saturated heterocycles. The van der Waals surface area contributed by atoms with Crippen molar-refractivity contribution in [1.82, 2.24) is 15.0 Å². The summed E-state index contributed by atoms with van der Waals surface area (Å²) in [5.74, 6) is 0.874. The molecule has 7 heteroatoms. The topological polar surface area (TPSA) is 92.2 Å². The van der Waals surface area contributed by atoms with Crippen molar-refractivity contribution in [2.45, 2.75) is 59.1 Å². The van der Waals surface area contributed by atoms with Gasteiger partial charge in [0.25, 0.3) is 0 Å². The maximum Gasteiger partial charge on any atom is 0.323 e. The van der Waals surface area contributed by atoms with E-state index in [2.05, 4.69) is 25.6 Å². The van der Waals surface area contributed by atoms with E-state index in [4.69, 9.17) is 4.74 Å². The van der Waals surface area contributed by atoms with Crippen LogP contribution < -0.4 is 15.4 Å². The van der Waals surface area contributed by atoms with Gasteiger partial charge in [-0.1, -0.05) is 13.8 Å². The number of hydrogen-bond acceptors (Lipinski definition) is 7. The zero-order valence-electron chi connectivity index (χ0n) is 13.6. The average Bonchev–Trinajstić information content (AvgIpc) is 2.44. The largest absolute Gasteiger partial charge is 0.461 e. The number of hydrogen-bond donors (Lipinski definition) is 3. The summed E-state index contributed by atoms with van der Waals surface area (Å²) in [5.41, 5.74) is -0.431. The Balaban J connectivity index is 3.06. The van der Waals surface area contributed by atoms with Gasteiger partial charge in [-0.25, -0.2) is 0 Å². The number of rotatable bonds is 9. The van der Waals surface area contributed by atoms with Gasteiger partial charge in [0.05, 0.1) is 18.2 Å². The average molecular weight is 297 g/mol. The number of nitrogens with zero attached hydrogens (tertiary/aromatic N) is 3. The quantitative estimate of drug-likeness (QED) is 0.642. The van der Waals surface area contributed by atoms with Crippen LogP contribution in [0.3, 0.4) is 0 Å². The number of nitrogens with one attached hydrogen (secondary N) is 2. The van der Waals surface area contributed by atoms with Crippen LogP contribution in [-0.4, -0.2) is 44.9 Å². The van der Waals surface area contributed by atoms with Gasteiger partial charge in [-0.3, -0.25) is 0 Å². The highest BCUT2D eigenvalue weighted by Crippen LogP contribution is 2.21. The molecule has 0 fully saturated rings. The van der Waals surface area contributed by atoms with E-state index in [1.165, 1.54) is 0 Å². The molecule has 0 saturated carbocycles. The molecule has 120 valence electrons. The minimum atomic E-state index is -0.431. The Bertz CT molecular complexity index is 427. The number of ether oxygens (including phenoxy) is 1. The van der Waals surface area contributed by atoms with Crippen LogP contribution in [0.4, 0.5) is 11.9 Å². The summed E-state index contributed by atoms with van der Waals surface area (Å²) in [6, 6.07) is 0.275. The van der Waals surface area contributed by atoms with Gasteiger partial charge in [-0.05, 0) is 33.6 Å². The molecule has 0 aliphatic carbocycles. The molecule has 0 aliphatic heterocycles. The summed E-state index contributed by atoms with van der Waals surface area (Å²) in [6.07, 6.45) is 1.51. The summed E-state index contributed by atoms with van der Waals surface area (Å²) in [5, 5.41) is 15.9. The molecule has 0 aromatic carbocycles. The molecule has 0 bridgehead atoms. The first kappa shape index (κ1) is 17.4. The second-order valence-corrected chi connectivity index (χ2v) is 5.23. The van der Waals surface area contributed by atoms with Crippen LogP contribution in [0.15, 0.2) is 0 Å². The van der Waals surface area contributed by atoms with Crippen molar-refractivity contribution in [2.24, 2.45) is 0 Å². The molecule has 0 unspecified atom stereocenters. The molecule has 21 heavy (non-hydrogen) atoms. The van der Waals surface area contributed by atoms with E-state index in [1.54, 1.807) is 0 Å². The van der Waals surface area contributed by atoms with Crippen molar-refractivity contribution in [3.05, 3.63) is 0 Å². The highest BCUT2D eigenvalue weighted by molar-refractivity contribution is 5.38. The molecule has 0 amide bonds. The lowest BCUT2D eigenvalue weighted by molar-refractivity contribution is 0.200. The van der Waals surface area contributed by atoms with Gasteiger partial charge in [-0.15, -0.1) is 0 Å². The van der Waals surface area contributed by atoms with Crippen LogP contribution >= 0.6 is 0 Å². The molecule has 0 atom stereocenters. The first-order valence-corrected chi connectivity index (χ1v) is 7.54.